The molecule has 2 aromatic heterocycles. The summed E-state index contributed by atoms with van der Waals surface area (Å²) in [5, 5.41) is 8.57. The van der Waals surface area contributed by atoms with Crippen LogP contribution >= 0.6 is 11.5 Å². The largest absolute Gasteiger partial charge is 0.316 e. The minimum absolute atomic E-state index is 0.347. The zero-order valence-electron chi connectivity index (χ0n) is 13.5. The van der Waals surface area contributed by atoms with E-state index in [1.807, 2.05) is 30.3 Å². The number of nitrogens with zero attached hydrogens (tertiary/aromatic N) is 3. The molecule has 1 N–H and O–H groups in total. The fourth-order valence-corrected chi connectivity index (χ4v) is 3.16. The number of aromatic nitrogens is 3. The van der Waals surface area contributed by atoms with E-state index in [1.54, 1.807) is 31.0 Å². The first-order valence-corrected chi connectivity index (χ1v) is 8.18. The zero-order valence-corrected chi connectivity index (χ0v) is 14.3. The van der Waals surface area contributed by atoms with E-state index >= 15 is 0 Å². The minimum atomic E-state index is -0.688. The van der Waals surface area contributed by atoms with Crippen molar-refractivity contribution in [1.82, 2.24) is 14.2 Å². The molecule has 0 fully saturated rings. The first-order chi connectivity index (χ1) is 11.5. The number of nitrogens with one attached hydrogen (secondary N) is 1. The van der Waals surface area contributed by atoms with Gasteiger partial charge in [-0.3, -0.25) is 14.3 Å². The van der Waals surface area contributed by atoms with Crippen molar-refractivity contribution in [2.24, 2.45) is 7.05 Å². The van der Waals surface area contributed by atoms with Gasteiger partial charge in [0.25, 0.3) is 11.7 Å². The molecule has 0 aliphatic carbocycles. The lowest BCUT2D eigenvalue weighted by Crippen LogP contribution is -2.24. The van der Waals surface area contributed by atoms with Crippen molar-refractivity contribution >= 4 is 28.9 Å². The quantitative estimate of drug-likeness (QED) is 0.585. The van der Waals surface area contributed by atoms with E-state index in [2.05, 4.69) is 14.8 Å². The lowest BCUT2D eigenvalue weighted by atomic mass is 10.1. The smallest absolute Gasteiger partial charge is 0.296 e. The highest BCUT2D eigenvalue weighted by Crippen LogP contribution is 2.28. The molecular weight excluding hydrogens is 324 g/mol. The summed E-state index contributed by atoms with van der Waals surface area (Å²) in [5.74, 6) is -1.28. The van der Waals surface area contributed by atoms with Crippen LogP contribution in [0, 0.1) is 13.8 Å². The molecule has 1 aromatic carbocycles. The average Bonchev–Trinajstić information content (AvgIpc) is 3.12. The van der Waals surface area contributed by atoms with Crippen molar-refractivity contribution in [2.45, 2.75) is 13.8 Å². The zero-order chi connectivity index (χ0) is 17.3. The molecule has 7 heteroatoms. The number of aryl methyl sites for hydroxylation is 2. The maximum absolute atomic E-state index is 12.5. The molecule has 0 saturated carbocycles. The summed E-state index contributed by atoms with van der Waals surface area (Å²) in [5.41, 5.74) is 3.63. The van der Waals surface area contributed by atoms with E-state index in [0.29, 0.717) is 28.3 Å². The Balaban J connectivity index is 1.86. The second kappa shape index (κ2) is 6.37. The molecule has 0 atom stereocenters. The molecule has 3 aromatic rings. The van der Waals surface area contributed by atoms with Crippen LogP contribution < -0.4 is 5.32 Å². The molecule has 0 spiro atoms. The van der Waals surface area contributed by atoms with Crippen LogP contribution in [-0.2, 0) is 11.8 Å². The third-order valence-corrected chi connectivity index (χ3v) is 4.44. The molecule has 24 heavy (non-hydrogen) atoms. The van der Waals surface area contributed by atoms with Crippen LogP contribution in [0.4, 0.5) is 5.69 Å². The number of anilines is 1. The number of carbonyl (C=O) groups is 2. The second-order valence-corrected chi connectivity index (χ2v) is 6.02. The summed E-state index contributed by atoms with van der Waals surface area (Å²) < 4.78 is 5.90. The van der Waals surface area contributed by atoms with Crippen molar-refractivity contribution in [1.29, 1.82) is 0 Å². The topological polar surface area (TPSA) is 76.9 Å². The van der Waals surface area contributed by atoms with Crippen molar-refractivity contribution < 1.29 is 9.59 Å². The van der Waals surface area contributed by atoms with Crippen LogP contribution in [0.3, 0.4) is 0 Å². The van der Waals surface area contributed by atoms with E-state index in [0.717, 1.165) is 5.56 Å². The fourth-order valence-electron chi connectivity index (χ4n) is 2.52. The molecule has 6 nitrogen and oxygen atoms in total. The monoisotopic (exact) mass is 340 g/mol. The molecule has 122 valence electrons. The van der Waals surface area contributed by atoms with E-state index < -0.39 is 11.7 Å². The summed E-state index contributed by atoms with van der Waals surface area (Å²) in [6, 6.07) is 9.51. The Morgan fingerprint density at radius 1 is 1.17 bits per heavy atom. The van der Waals surface area contributed by atoms with Gasteiger partial charge >= 0.3 is 0 Å². The van der Waals surface area contributed by atoms with E-state index in [9.17, 15) is 9.59 Å². The molecule has 0 bridgehead atoms. The molecule has 0 aliphatic rings. The van der Waals surface area contributed by atoms with Crippen LogP contribution in [0.1, 0.15) is 21.7 Å². The Labute approximate surface area is 143 Å². The molecule has 0 aliphatic heterocycles. The minimum Gasteiger partial charge on any atom is -0.316 e. The van der Waals surface area contributed by atoms with E-state index in [-0.39, 0.29) is 0 Å². The van der Waals surface area contributed by atoms with Gasteiger partial charge in [0.05, 0.1) is 16.9 Å². The number of Topliss-reactive ketones (excluding diaryl/α,β-unsaturated/α-hetero) is 1. The highest BCUT2D eigenvalue weighted by atomic mass is 32.1. The number of carbonyl (C=O) groups excluding carboxylic acids is 2. The van der Waals surface area contributed by atoms with Gasteiger partial charge < -0.3 is 5.32 Å². The Morgan fingerprint density at radius 3 is 2.50 bits per heavy atom. The highest BCUT2D eigenvalue weighted by molar-refractivity contribution is 7.04. The maximum Gasteiger partial charge on any atom is 0.296 e. The standard InChI is InChI=1S/C17H16N4O2S/c1-10-14(11(2)21(3)19-10)16(22)17(23)18-13-9-24-20-15(13)12-7-5-4-6-8-12/h4-9H,1-3H3,(H,18,23). The normalized spacial score (nSPS) is 10.6. The number of hydrogen-bond donors (Lipinski definition) is 1. The number of benzene rings is 1. The summed E-state index contributed by atoms with van der Waals surface area (Å²) in [6.45, 7) is 3.48. The van der Waals surface area contributed by atoms with Crippen LogP contribution in [-0.4, -0.2) is 25.8 Å². The van der Waals surface area contributed by atoms with E-state index in [1.165, 1.54) is 11.5 Å². The highest BCUT2D eigenvalue weighted by Gasteiger charge is 2.25. The van der Waals surface area contributed by atoms with Gasteiger partial charge in [0.1, 0.15) is 5.69 Å². The van der Waals surface area contributed by atoms with Gasteiger partial charge in [-0.15, -0.1) is 0 Å². The Hall–Kier alpha value is -2.80. The van der Waals surface area contributed by atoms with Gasteiger partial charge in [0.2, 0.25) is 0 Å². The van der Waals surface area contributed by atoms with Gasteiger partial charge in [-0.2, -0.15) is 9.47 Å². The van der Waals surface area contributed by atoms with Crippen LogP contribution in [0.5, 0.6) is 0 Å². The maximum atomic E-state index is 12.5. The lowest BCUT2D eigenvalue weighted by molar-refractivity contribution is -0.112. The Kier molecular flexibility index (Phi) is 4.26. The molecule has 1 amide bonds. The van der Waals surface area contributed by atoms with Crippen molar-refractivity contribution in [3.8, 4) is 11.3 Å². The molecular formula is C17H16N4O2S. The third-order valence-electron chi connectivity index (χ3n) is 3.81. The molecule has 0 saturated heterocycles. The van der Waals surface area contributed by atoms with Crippen LogP contribution in [0.25, 0.3) is 11.3 Å². The Morgan fingerprint density at radius 2 is 1.88 bits per heavy atom. The Bertz CT molecular complexity index is 912. The first kappa shape index (κ1) is 16.1. The predicted octanol–water partition coefficient (Wildman–Crippen LogP) is 2.98. The van der Waals surface area contributed by atoms with Gasteiger partial charge in [-0.1, -0.05) is 30.3 Å². The summed E-state index contributed by atoms with van der Waals surface area (Å²) in [6.07, 6.45) is 0. The number of rotatable bonds is 4. The molecule has 3 rings (SSSR count). The third kappa shape index (κ3) is 2.85. The van der Waals surface area contributed by atoms with Crippen molar-refractivity contribution in [3.05, 3.63) is 52.7 Å². The number of hydrogen-bond acceptors (Lipinski definition) is 5. The average molecular weight is 340 g/mol. The number of amides is 1. The summed E-state index contributed by atoms with van der Waals surface area (Å²) in [7, 11) is 1.74. The summed E-state index contributed by atoms with van der Waals surface area (Å²) >= 11 is 1.23. The first-order valence-electron chi connectivity index (χ1n) is 7.34. The predicted molar refractivity (Wildman–Crippen MR) is 93.2 cm³/mol. The molecule has 0 unspecified atom stereocenters. The number of ketones is 1. The van der Waals surface area contributed by atoms with E-state index in [4.69, 9.17) is 0 Å². The van der Waals surface area contributed by atoms with Crippen LogP contribution in [0.2, 0.25) is 0 Å². The van der Waals surface area contributed by atoms with Crippen LogP contribution in [0.15, 0.2) is 35.7 Å². The van der Waals surface area contributed by atoms with Gasteiger partial charge in [0, 0.05) is 23.7 Å². The summed E-state index contributed by atoms with van der Waals surface area (Å²) in [4.78, 5) is 24.9. The van der Waals surface area contributed by atoms with Gasteiger partial charge in [-0.05, 0) is 25.4 Å². The fraction of sp³-hybridized carbons (Fsp3) is 0.176. The lowest BCUT2D eigenvalue weighted by Gasteiger charge is -2.05. The molecule has 0 radical (unpaired) electrons. The van der Waals surface area contributed by atoms with Crippen molar-refractivity contribution in [2.75, 3.05) is 5.32 Å². The second-order valence-electron chi connectivity index (χ2n) is 5.40. The van der Waals surface area contributed by atoms with Gasteiger partial charge in [0.15, 0.2) is 0 Å². The van der Waals surface area contributed by atoms with Crippen molar-refractivity contribution in [3.63, 3.8) is 0 Å². The SMILES string of the molecule is Cc1nn(C)c(C)c1C(=O)C(=O)Nc1csnc1-c1ccccc1. The van der Waals surface area contributed by atoms with Gasteiger partial charge in [-0.25, -0.2) is 0 Å². The molecule has 2 heterocycles.